The number of carbonyl (C=O) groups is 2. The van der Waals surface area contributed by atoms with Gasteiger partial charge in [-0.05, 0) is 24.6 Å². The summed E-state index contributed by atoms with van der Waals surface area (Å²) in [5.74, 6) is -1.55. The number of rotatable bonds is 5. The van der Waals surface area contributed by atoms with E-state index < -0.39 is 17.9 Å². The molecule has 1 aromatic carbocycles. The predicted molar refractivity (Wildman–Crippen MR) is 90.5 cm³/mol. The quantitative estimate of drug-likeness (QED) is 0.747. The van der Waals surface area contributed by atoms with Crippen LogP contribution in [0.5, 0.6) is 0 Å². The maximum Gasteiger partial charge on any atom is 0.330 e. The number of carboxylic acid groups (broad SMARTS) is 1. The van der Waals surface area contributed by atoms with Crippen molar-refractivity contribution >= 4 is 23.2 Å². The number of hydrogen-bond acceptors (Lipinski definition) is 4. The monoisotopic (exact) mass is 341 g/mol. The largest absolute Gasteiger partial charge is 0.479 e. The molecule has 1 atom stereocenters. The Bertz CT molecular complexity index is 857. The van der Waals surface area contributed by atoms with E-state index in [2.05, 4.69) is 10.3 Å². The first-order chi connectivity index (χ1) is 11.6. The van der Waals surface area contributed by atoms with Gasteiger partial charge in [0.2, 0.25) is 0 Å². The number of carbonyl (C=O) groups excluding carboxylic acids is 1. The molecule has 0 aliphatic heterocycles. The van der Waals surface area contributed by atoms with Crippen LogP contribution in [0.2, 0.25) is 0 Å². The van der Waals surface area contributed by atoms with E-state index in [4.69, 9.17) is 0 Å². The van der Waals surface area contributed by atoms with Crippen LogP contribution in [0.25, 0.3) is 5.13 Å². The molecule has 0 aliphatic rings. The van der Waals surface area contributed by atoms with Crippen LogP contribution in [0.4, 0.5) is 0 Å². The lowest BCUT2D eigenvalue weighted by Crippen LogP contribution is -2.33. The van der Waals surface area contributed by atoms with Crippen molar-refractivity contribution in [1.82, 2.24) is 14.9 Å². The number of nitrogens with one attached hydrogen (secondary N) is 1. The maximum atomic E-state index is 12.5. The third-order valence-electron chi connectivity index (χ3n) is 3.47. The Morgan fingerprint density at radius 3 is 2.46 bits per heavy atom. The predicted octanol–water partition coefficient (Wildman–Crippen LogP) is 2.80. The molecule has 2 aromatic heterocycles. The summed E-state index contributed by atoms with van der Waals surface area (Å²) in [6, 6.07) is 11.2. The first-order valence-electron chi connectivity index (χ1n) is 7.25. The van der Waals surface area contributed by atoms with Gasteiger partial charge < -0.3 is 15.0 Å². The van der Waals surface area contributed by atoms with Crippen LogP contribution >= 0.6 is 11.3 Å². The summed E-state index contributed by atoms with van der Waals surface area (Å²) < 4.78 is 1.81. The van der Waals surface area contributed by atoms with Gasteiger partial charge >= 0.3 is 5.97 Å². The molecule has 0 saturated heterocycles. The summed E-state index contributed by atoms with van der Waals surface area (Å²) >= 11 is 1.22. The molecule has 2 N–H and O–H groups in total. The summed E-state index contributed by atoms with van der Waals surface area (Å²) in [6.45, 7) is 1.73. The molecule has 3 aromatic rings. The second-order valence-electron chi connectivity index (χ2n) is 5.16. The number of nitrogens with zero attached hydrogens (tertiary/aromatic N) is 2. The van der Waals surface area contributed by atoms with Crippen molar-refractivity contribution in [3.63, 3.8) is 0 Å². The number of aromatic nitrogens is 2. The van der Waals surface area contributed by atoms with E-state index in [9.17, 15) is 14.7 Å². The highest BCUT2D eigenvalue weighted by Crippen LogP contribution is 2.23. The molecule has 0 radical (unpaired) electrons. The highest BCUT2D eigenvalue weighted by atomic mass is 32.1. The van der Waals surface area contributed by atoms with Crippen molar-refractivity contribution in [2.45, 2.75) is 13.0 Å². The lowest BCUT2D eigenvalue weighted by Gasteiger charge is -2.14. The molecule has 24 heavy (non-hydrogen) atoms. The molecule has 3 rings (SSSR count). The van der Waals surface area contributed by atoms with Gasteiger partial charge in [0.05, 0.1) is 5.69 Å². The fourth-order valence-corrected chi connectivity index (χ4v) is 3.23. The smallest absolute Gasteiger partial charge is 0.330 e. The summed E-state index contributed by atoms with van der Waals surface area (Å²) in [6.07, 6.45) is 3.67. The molecular formula is C17H15N3O3S. The molecule has 1 unspecified atom stereocenters. The van der Waals surface area contributed by atoms with Gasteiger partial charge in [-0.25, -0.2) is 9.78 Å². The fraction of sp³-hybridized carbons (Fsp3) is 0.118. The van der Waals surface area contributed by atoms with Gasteiger partial charge in [-0.3, -0.25) is 4.79 Å². The molecular weight excluding hydrogens is 326 g/mol. The van der Waals surface area contributed by atoms with Crippen molar-refractivity contribution in [1.29, 1.82) is 0 Å². The van der Waals surface area contributed by atoms with Gasteiger partial charge in [-0.2, -0.15) is 0 Å². The van der Waals surface area contributed by atoms with Crippen molar-refractivity contribution in [3.8, 4) is 5.13 Å². The molecule has 0 saturated carbocycles. The lowest BCUT2D eigenvalue weighted by molar-refractivity contribution is -0.139. The van der Waals surface area contributed by atoms with E-state index in [1.54, 1.807) is 41.8 Å². The first kappa shape index (κ1) is 15.9. The van der Waals surface area contributed by atoms with Crippen molar-refractivity contribution in [2.75, 3.05) is 0 Å². The van der Waals surface area contributed by atoms with E-state index in [-0.39, 0.29) is 0 Å². The zero-order valence-electron chi connectivity index (χ0n) is 12.8. The fourth-order valence-electron chi connectivity index (χ4n) is 2.30. The summed E-state index contributed by atoms with van der Waals surface area (Å²) in [4.78, 5) is 28.8. The van der Waals surface area contributed by atoms with E-state index >= 15 is 0 Å². The highest BCUT2D eigenvalue weighted by Gasteiger charge is 2.25. The number of aryl methyl sites for hydroxylation is 1. The Balaban J connectivity index is 1.85. The van der Waals surface area contributed by atoms with Crippen LogP contribution < -0.4 is 5.32 Å². The van der Waals surface area contributed by atoms with Crippen molar-refractivity contribution in [3.05, 3.63) is 71.0 Å². The van der Waals surface area contributed by atoms with Gasteiger partial charge in [-0.1, -0.05) is 41.7 Å². The molecule has 122 valence electrons. The minimum atomic E-state index is -1.11. The van der Waals surface area contributed by atoms with E-state index in [0.717, 1.165) is 0 Å². The molecule has 6 nitrogen and oxygen atoms in total. The topological polar surface area (TPSA) is 84.2 Å². The van der Waals surface area contributed by atoms with Gasteiger partial charge in [0.15, 0.2) is 11.2 Å². The number of amides is 1. The molecule has 7 heteroatoms. The van der Waals surface area contributed by atoms with Gasteiger partial charge in [0, 0.05) is 12.4 Å². The second-order valence-corrected chi connectivity index (χ2v) is 6.13. The second kappa shape index (κ2) is 6.67. The third-order valence-corrected chi connectivity index (χ3v) is 4.64. The minimum absolute atomic E-state index is 0.404. The van der Waals surface area contributed by atoms with E-state index in [1.807, 2.05) is 24.5 Å². The van der Waals surface area contributed by atoms with E-state index in [0.29, 0.717) is 21.3 Å². The zero-order valence-corrected chi connectivity index (χ0v) is 13.7. The average Bonchev–Trinajstić information content (AvgIpc) is 3.22. The minimum Gasteiger partial charge on any atom is -0.479 e. The Kier molecular flexibility index (Phi) is 4.43. The number of thiazole rings is 1. The Morgan fingerprint density at radius 2 is 1.83 bits per heavy atom. The van der Waals surface area contributed by atoms with Crippen LogP contribution in [0.3, 0.4) is 0 Å². The van der Waals surface area contributed by atoms with Gasteiger partial charge in [-0.15, -0.1) is 0 Å². The van der Waals surface area contributed by atoms with Crippen LogP contribution in [-0.2, 0) is 4.79 Å². The van der Waals surface area contributed by atoms with E-state index in [1.165, 1.54) is 11.3 Å². The Hall–Kier alpha value is -2.93. The lowest BCUT2D eigenvalue weighted by atomic mass is 10.1. The number of aliphatic carboxylic acids is 1. The normalized spacial score (nSPS) is 11.9. The summed E-state index contributed by atoms with van der Waals surface area (Å²) in [5.41, 5.74) is 1.09. The first-order valence-corrected chi connectivity index (χ1v) is 8.07. The SMILES string of the molecule is Cc1nc(-n2cccc2)sc1C(=O)NC(C(=O)O)c1ccccc1. The highest BCUT2D eigenvalue weighted by molar-refractivity contribution is 7.16. The molecule has 0 fully saturated rings. The molecule has 0 bridgehead atoms. The summed E-state index contributed by atoms with van der Waals surface area (Å²) in [5, 5.41) is 12.6. The third kappa shape index (κ3) is 3.21. The Labute approximate surface area is 142 Å². The molecule has 0 aliphatic carbocycles. The number of carboxylic acids is 1. The molecule has 1 amide bonds. The maximum absolute atomic E-state index is 12.5. The standard InChI is InChI=1S/C17H15N3O3S/c1-11-14(24-17(18-11)20-9-5-6-10-20)15(21)19-13(16(22)23)12-7-3-2-4-8-12/h2-10,13H,1H3,(H,19,21)(H,22,23). The van der Waals surface area contributed by atoms with Gasteiger partial charge in [0.1, 0.15) is 4.88 Å². The Morgan fingerprint density at radius 1 is 1.17 bits per heavy atom. The van der Waals surface area contributed by atoms with Crippen molar-refractivity contribution in [2.24, 2.45) is 0 Å². The summed E-state index contributed by atoms with van der Waals surface area (Å²) in [7, 11) is 0. The van der Waals surface area contributed by atoms with Crippen LogP contribution in [0, 0.1) is 6.92 Å². The average molecular weight is 341 g/mol. The molecule has 0 spiro atoms. The van der Waals surface area contributed by atoms with Gasteiger partial charge in [0.25, 0.3) is 5.91 Å². The van der Waals surface area contributed by atoms with Crippen LogP contribution in [-0.4, -0.2) is 26.5 Å². The molecule has 2 heterocycles. The van der Waals surface area contributed by atoms with Crippen molar-refractivity contribution < 1.29 is 14.7 Å². The number of hydrogen-bond donors (Lipinski definition) is 2. The van der Waals surface area contributed by atoms with Crippen LogP contribution in [0.15, 0.2) is 54.9 Å². The number of benzene rings is 1. The van der Waals surface area contributed by atoms with Crippen LogP contribution in [0.1, 0.15) is 27.0 Å². The zero-order chi connectivity index (χ0) is 17.1.